The minimum Gasteiger partial charge on any atom is -0.394 e. The Kier molecular flexibility index (Phi) is 4.19. The van der Waals surface area contributed by atoms with E-state index in [4.69, 9.17) is 18.9 Å². The molecule has 0 saturated carbocycles. The van der Waals surface area contributed by atoms with E-state index in [-0.39, 0.29) is 0 Å². The smallest absolute Gasteiger partial charge is 0.222 e. The standard InChI is InChI=1S/C12H20O10/c13-1-5-7(16)9(17)12(20-5)4-19-11(3-15)10(18)8(22-12)6(2-14)21-11/h5-10,13-18H,1-4H2/t5-,6-,7-,8-,9+,10+,11+,12-/m1/s1. The van der Waals surface area contributed by atoms with Gasteiger partial charge in [-0.25, -0.2) is 0 Å². The minimum atomic E-state index is -1.84. The Morgan fingerprint density at radius 3 is 2.09 bits per heavy atom. The quantitative estimate of drug-likeness (QED) is 0.299. The highest BCUT2D eigenvalue weighted by Gasteiger charge is 2.66. The number of aliphatic hydroxyl groups excluding tert-OH is 6. The molecule has 3 rings (SSSR count). The predicted octanol–water partition coefficient (Wildman–Crippen LogP) is -4.35. The average molecular weight is 324 g/mol. The third-order valence-electron chi connectivity index (χ3n) is 4.42. The van der Waals surface area contributed by atoms with Crippen molar-refractivity contribution in [3.8, 4) is 0 Å². The zero-order chi connectivity index (χ0) is 16.1. The Hall–Kier alpha value is -0.400. The summed E-state index contributed by atoms with van der Waals surface area (Å²) in [7, 11) is 0. The van der Waals surface area contributed by atoms with Gasteiger partial charge in [-0.2, -0.15) is 0 Å². The molecule has 3 aliphatic heterocycles. The lowest BCUT2D eigenvalue weighted by Crippen LogP contribution is -2.54. The molecule has 0 amide bonds. The van der Waals surface area contributed by atoms with Crippen LogP contribution in [0.15, 0.2) is 0 Å². The van der Waals surface area contributed by atoms with Crippen LogP contribution in [0.1, 0.15) is 0 Å². The van der Waals surface area contributed by atoms with Crippen molar-refractivity contribution in [3.05, 3.63) is 0 Å². The van der Waals surface area contributed by atoms with Gasteiger partial charge in [-0.05, 0) is 0 Å². The molecule has 2 bridgehead atoms. The first-order valence-corrected chi connectivity index (χ1v) is 6.97. The van der Waals surface area contributed by atoms with E-state index in [2.05, 4.69) is 0 Å². The molecule has 0 aliphatic carbocycles. The SMILES string of the molecule is OC[C@H]1O[C@@]2(CO[C@@]3(CO)O[C@H](CO)[C@@H](O2)[C@@H]3O)[C@@H](O)[C@@H]1O. The molecule has 3 heterocycles. The molecule has 22 heavy (non-hydrogen) atoms. The molecule has 0 unspecified atom stereocenters. The first-order valence-electron chi connectivity index (χ1n) is 6.97. The lowest BCUT2D eigenvalue weighted by molar-refractivity contribution is -0.342. The van der Waals surface area contributed by atoms with Crippen molar-refractivity contribution in [2.45, 2.75) is 48.2 Å². The van der Waals surface area contributed by atoms with Gasteiger partial charge in [0.2, 0.25) is 11.6 Å². The fourth-order valence-electron chi connectivity index (χ4n) is 3.13. The number of hydrogen-bond donors (Lipinski definition) is 6. The van der Waals surface area contributed by atoms with Gasteiger partial charge in [-0.15, -0.1) is 0 Å². The maximum absolute atomic E-state index is 10.3. The summed E-state index contributed by atoms with van der Waals surface area (Å²) in [6.45, 7) is -2.23. The minimum absolute atomic E-state index is 0.450. The van der Waals surface area contributed by atoms with Crippen molar-refractivity contribution in [2.75, 3.05) is 26.4 Å². The Morgan fingerprint density at radius 1 is 0.864 bits per heavy atom. The molecule has 0 aromatic carbocycles. The summed E-state index contributed by atoms with van der Waals surface area (Å²) in [5.74, 6) is -3.65. The molecule has 10 nitrogen and oxygen atoms in total. The van der Waals surface area contributed by atoms with Crippen LogP contribution >= 0.6 is 0 Å². The second kappa shape index (κ2) is 5.60. The molecule has 6 N–H and O–H groups in total. The van der Waals surface area contributed by atoms with Crippen LogP contribution in [0.3, 0.4) is 0 Å². The van der Waals surface area contributed by atoms with E-state index in [1.165, 1.54) is 0 Å². The van der Waals surface area contributed by atoms with Crippen LogP contribution in [0.25, 0.3) is 0 Å². The Balaban J connectivity index is 1.92. The number of fused-ring (bicyclic) bond motifs is 2. The van der Waals surface area contributed by atoms with Gasteiger partial charge >= 0.3 is 0 Å². The number of aliphatic hydroxyl groups is 6. The van der Waals surface area contributed by atoms with E-state index < -0.39 is 74.6 Å². The molecule has 8 atom stereocenters. The van der Waals surface area contributed by atoms with Crippen molar-refractivity contribution < 1.29 is 49.6 Å². The van der Waals surface area contributed by atoms with E-state index >= 15 is 0 Å². The Labute approximate surface area is 125 Å². The van der Waals surface area contributed by atoms with Crippen LogP contribution in [-0.4, -0.2) is 105 Å². The van der Waals surface area contributed by atoms with E-state index in [1.807, 2.05) is 0 Å². The zero-order valence-electron chi connectivity index (χ0n) is 11.6. The van der Waals surface area contributed by atoms with Gasteiger partial charge < -0.3 is 49.6 Å². The molecule has 128 valence electrons. The topological polar surface area (TPSA) is 158 Å². The molecule has 1 spiro atoms. The van der Waals surface area contributed by atoms with Gasteiger partial charge in [-0.3, -0.25) is 0 Å². The number of rotatable bonds is 3. The van der Waals surface area contributed by atoms with Crippen LogP contribution in [0.4, 0.5) is 0 Å². The summed E-state index contributed by atoms with van der Waals surface area (Å²) in [6, 6.07) is 0. The molecule has 0 radical (unpaired) electrons. The van der Waals surface area contributed by atoms with Gasteiger partial charge in [0.05, 0.1) is 13.2 Å². The highest BCUT2D eigenvalue weighted by molar-refractivity contribution is 5.05. The molecule has 3 saturated heterocycles. The summed E-state index contributed by atoms with van der Waals surface area (Å²) in [5.41, 5.74) is 0. The number of hydrogen-bond acceptors (Lipinski definition) is 10. The summed E-state index contributed by atoms with van der Waals surface area (Å²) in [5, 5.41) is 58.3. The summed E-state index contributed by atoms with van der Waals surface area (Å²) >= 11 is 0. The molecule has 3 aliphatic rings. The maximum atomic E-state index is 10.3. The lowest BCUT2D eigenvalue weighted by Gasteiger charge is -2.36. The van der Waals surface area contributed by atoms with E-state index in [9.17, 15) is 30.6 Å². The normalized spacial score (nSPS) is 54.8. The second-order valence-corrected chi connectivity index (χ2v) is 5.71. The van der Waals surface area contributed by atoms with Gasteiger partial charge in [0.15, 0.2) is 0 Å². The summed E-state index contributed by atoms with van der Waals surface area (Å²) < 4.78 is 21.7. The lowest BCUT2D eigenvalue weighted by atomic mass is 10.0. The molecule has 3 fully saturated rings. The van der Waals surface area contributed by atoms with Gasteiger partial charge in [0.1, 0.15) is 49.8 Å². The Bertz CT molecular complexity index is 421. The molecule has 0 aromatic rings. The van der Waals surface area contributed by atoms with Crippen molar-refractivity contribution in [1.82, 2.24) is 0 Å². The first-order chi connectivity index (χ1) is 10.4. The fraction of sp³-hybridized carbons (Fsp3) is 1.00. The fourth-order valence-corrected chi connectivity index (χ4v) is 3.13. The highest BCUT2D eigenvalue weighted by atomic mass is 16.8. The summed E-state index contributed by atoms with van der Waals surface area (Å²) in [4.78, 5) is 0. The molecule has 10 heteroatoms. The largest absolute Gasteiger partial charge is 0.394 e. The molecular formula is C12H20O10. The second-order valence-electron chi connectivity index (χ2n) is 5.71. The van der Waals surface area contributed by atoms with Crippen molar-refractivity contribution in [3.63, 3.8) is 0 Å². The van der Waals surface area contributed by atoms with Gasteiger partial charge in [-0.1, -0.05) is 0 Å². The van der Waals surface area contributed by atoms with Gasteiger partial charge in [0, 0.05) is 0 Å². The van der Waals surface area contributed by atoms with E-state index in [0.29, 0.717) is 0 Å². The van der Waals surface area contributed by atoms with Gasteiger partial charge in [0.25, 0.3) is 0 Å². The zero-order valence-corrected chi connectivity index (χ0v) is 11.6. The monoisotopic (exact) mass is 324 g/mol. The van der Waals surface area contributed by atoms with E-state index in [1.54, 1.807) is 0 Å². The predicted molar refractivity (Wildman–Crippen MR) is 65.3 cm³/mol. The van der Waals surface area contributed by atoms with Crippen LogP contribution in [0, 0.1) is 0 Å². The first kappa shape index (κ1) is 16.5. The molecule has 0 aromatic heterocycles. The summed E-state index contributed by atoms with van der Waals surface area (Å²) in [6.07, 6.45) is -7.66. The average Bonchev–Trinajstić information content (AvgIpc) is 2.87. The van der Waals surface area contributed by atoms with Crippen molar-refractivity contribution >= 4 is 0 Å². The van der Waals surface area contributed by atoms with Crippen LogP contribution in [0.5, 0.6) is 0 Å². The van der Waals surface area contributed by atoms with Crippen molar-refractivity contribution in [1.29, 1.82) is 0 Å². The molecular weight excluding hydrogens is 304 g/mol. The third kappa shape index (κ3) is 2.12. The number of ether oxygens (including phenoxy) is 4. The van der Waals surface area contributed by atoms with Crippen LogP contribution in [0.2, 0.25) is 0 Å². The van der Waals surface area contributed by atoms with E-state index in [0.717, 1.165) is 0 Å². The van der Waals surface area contributed by atoms with Crippen LogP contribution < -0.4 is 0 Å². The highest BCUT2D eigenvalue weighted by Crippen LogP contribution is 2.44. The third-order valence-corrected chi connectivity index (χ3v) is 4.42. The van der Waals surface area contributed by atoms with Crippen LogP contribution in [-0.2, 0) is 18.9 Å². The maximum Gasteiger partial charge on any atom is 0.222 e. The Morgan fingerprint density at radius 2 is 1.55 bits per heavy atom. The van der Waals surface area contributed by atoms with Crippen molar-refractivity contribution in [2.24, 2.45) is 0 Å².